The number of carbonyl (C=O) groups excluding carboxylic acids is 1. The summed E-state index contributed by atoms with van der Waals surface area (Å²) >= 11 is 0. The Morgan fingerprint density at radius 3 is 2.86 bits per heavy atom. The van der Waals surface area contributed by atoms with Crippen molar-refractivity contribution in [3.05, 3.63) is 55.0 Å². The Morgan fingerprint density at radius 1 is 1.25 bits per heavy atom. The molecule has 3 rings (SSSR count). The third-order valence-corrected chi connectivity index (χ3v) is 4.42. The number of carbonyl (C=O) groups is 1. The second kappa shape index (κ2) is 9.64. The van der Waals surface area contributed by atoms with Gasteiger partial charge in [0.15, 0.2) is 0 Å². The quantitative estimate of drug-likeness (QED) is 0.285. The number of unbranched alkanes of at least 4 members (excludes halogenated alkanes) is 3. The van der Waals surface area contributed by atoms with E-state index in [1.165, 1.54) is 12.5 Å². The maximum Gasteiger partial charge on any atom is 0.263 e. The summed E-state index contributed by atoms with van der Waals surface area (Å²) < 4.78 is 6.79. The molecule has 0 saturated heterocycles. The second-order valence-electron chi connectivity index (χ2n) is 6.75. The van der Waals surface area contributed by atoms with Gasteiger partial charge in [-0.3, -0.25) is 9.48 Å². The summed E-state index contributed by atoms with van der Waals surface area (Å²) in [6.45, 7) is 0. The van der Waals surface area contributed by atoms with Crippen LogP contribution in [0.1, 0.15) is 49.2 Å². The van der Waals surface area contributed by atoms with Crippen molar-refractivity contribution in [3.63, 3.8) is 0 Å². The highest BCUT2D eigenvalue weighted by Crippen LogP contribution is 2.17. The number of hydrogen-bond acceptors (Lipinski definition) is 6. The van der Waals surface area contributed by atoms with Crippen LogP contribution >= 0.6 is 0 Å². The highest BCUT2D eigenvalue weighted by molar-refractivity contribution is 5.92. The number of benzene rings is 1. The van der Waals surface area contributed by atoms with Gasteiger partial charge in [-0.05, 0) is 43.5 Å². The van der Waals surface area contributed by atoms with Crippen molar-refractivity contribution in [1.82, 2.24) is 14.8 Å². The number of anilines is 1. The predicted octanol–water partition coefficient (Wildman–Crippen LogP) is 4.73. The minimum atomic E-state index is -0.0452. The third-order valence-electron chi connectivity index (χ3n) is 4.42. The number of aryl methyl sites for hydroxylation is 1. The van der Waals surface area contributed by atoms with Gasteiger partial charge >= 0.3 is 0 Å². The molecule has 28 heavy (non-hydrogen) atoms. The fourth-order valence-electron chi connectivity index (χ4n) is 2.98. The van der Waals surface area contributed by atoms with E-state index in [0.29, 0.717) is 12.1 Å². The van der Waals surface area contributed by atoms with Gasteiger partial charge in [0.05, 0.1) is 11.7 Å². The van der Waals surface area contributed by atoms with Crippen LogP contribution in [0.4, 0.5) is 5.69 Å². The lowest BCUT2D eigenvalue weighted by Gasteiger charge is -2.02. The van der Waals surface area contributed by atoms with Crippen LogP contribution in [-0.2, 0) is 7.05 Å². The zero-order chi connectivity index (χ0) is 19.8. The first kappa shape index (κ1) is 19.5. The van der Waals surface area contributed by atoms with Crippen molar-refractivity contribution in [2.24, 2.45) is 7.05 Å². The highest BCUT2D eigenvalue weighted by atomic mass is 16.3. The molecular formula is C21H25N5O2. The number of fused-ring (bicyclic) bond motifs is 1. The lowest BCUT2D eigenvalue weighted by molar-refractivity contribution is 0.0945. The van der Waals surface area contributed by atoms with E-state index in [0.717, 1.165) is 48.7 Å². The maximum atomic E-state index is 11.7. The molecule has 0 aliphatic rings. The molecule has 0 unspecified atom stereocenters. The van der Waals surface area contributed by atoms with Crippen LogP contribution in [0.25, 0.3) is 10.9 Å². The van der Waals surface area contributed by atoms with E-state index in [-0.39, 0.29) is 11.7 Å². The van der Waals surface area contributed by atoms with Crippen molar-refractivity contribution in [2.75, 3.05) is 5.32 Å². The van der Waals surface area contributed by atoms with Gasteiger partial charge in [-0.2, -0.15) is 5.10 Å². The van der Waals surface area contributed by atoms with E-state index in [4.69, 9.17) is 9.83 Å². The van der Waals surface area contributed by atoms with Crippen LogP contribution in [-0.4, -0.2) is 26.3 Å². The first-order chi connectivity index (χ1) is 13.6. The lowest BCUT2D eigenvalue weighted by atomic mass is 10.1. The molecular weight excluding hydrogens is 354 g/mol. The average Bonchev–Trinajstić information content (AvgIpc) is 3.33. The van der Waals surface area contributed by atoms with Crippen LogP contribution in [0.3, 0.4) is 0 Å². The molecule has 3 aromatic rings. The Bertz CT molecular complexity index is 957. The van der Waals surface area contributed by atoms with Gasteiger partial charge in [0.2, 0.25) is 5.78 Å². The predicted molar refractivity (Wildman–Crippen MR) is 110 cm³/mol. The molecule has 0 aliphatic heterocycles. The molecule has 7 heteroatoms. The Kier molecular flexibility index (Phi) is 6.73. The number of allylic oxidation sites excluding steroid dienone is 1. The Hall–Kier alpha value is -3.22. The van der Waals surface area contributed by atoms with Gasteiger partial charge < -0.3 is 15.1 Å². The summed E-state index contributed by atoms with van der Waals surface area (Å²) in [5.74, 6) is 0.151. The second-order valence-corrected chi connectivity index (χ2v) is 6.75. The molecule has 146 valence electrons. The Morgan fingerprint density at radius 2 is 2.07 bits per heavy atom. The maximum absolute atomic E-state index is 11.7. The van der Waals surface area contributed by atoms with E-state index >= 15 is 0 Å². The van der Waals surface area contributed by atoms with Gasteiger partial charge in [-0.1, -0.05) is 12.8 Å². The van der Waals surface area contributed by atoms with Gasteiger partial charge in [0.25, 0.3) is 5.89 Å². The smallest absolute Gasteiger partial charge is 0.263 e. The molecule has 0 saturated carbocycles. The molecule has 0 bridgehead atoms. The molecule has 2 heterocycles. The fourth-order valence-corrected chi connectivity index (χ4v) is 2.98. The van der Waals surface area contributed by atoms with E-state index < -0.39 is 0 Å². The molecule has 0 fully saturated rings. The average molecular weight is 379 g/mol. The van der Waals surface area contributed by atoms with Crippen LogP contribution < -0.4 is 5.32 Å². The van der Waals surface area contributed by atoms with E-state index in [1.54, 1.807) is 17.0 Å². The van der Waals surface area contributed by atoms with E-state index in [2.05, 4.69) is 15.4 Å². The normalized spacial score (nSPS) is 11.3. The first-order valence-electron chi connectivity index (χ1n) is 9.48. The highest BCUT2D eigenvalue weighted by Gasteiger charge is 2.09. The minimum absolute atomic E-state index is 0.0452. The monoisotopic (exact) mass is 379 g/mol. The molecule has 0 radical (unpaired) electrons. The zero-order valence-corrected chi connectivity index (χ0v) is 16.0. The van der Waals surface area contributed by atoms with E-state index in [9.17, 15) is 4.79 Å². The summed E-state index contributed by atoms with van der Waals surface area (Å²) in [7, 11) is 1.91. The van der Waals surface area contributed by atoms with Gasteiger partial charge in [-0.15, -0.1) is 0 Å². The Labute approximate surface area is 164 Å². The van der Waals surface area contributed by atoms with Gasteiger partial charge in [0.1, 0.15) is 6.26 Å². The topological polar surface area (TPSA) is 96.8 Å². The number of nitrogens with one attached hydrogen (secondary N) is 2. The van der Waals surface area contributed by atoms with Crippen molar-refractivity contribution >= 4 is 28.1 Å². The summed E-state index contributed by atoms with van der Waals surface area (Å²) in [4.78, 5) is 15.6. The number of hydrogen-bond donors (Lipinski definition) is 2. The number of Topliss-reactive ketones (excluding diaryl/α,β-unsaturated/α-hetero) is 1. The van der Waals surface area contributed by atoms with Crippen molar-refractivity contribution in [1.29, 1.82) is 5.41 Å². The van der Waals surface area contributed by atoms with Gasteiger partial charge in [-0.25, -0.2) is 4.98 Å². The van der Waals surface area contributed by atoms with Crippen molar-refractivity contribution in [2.45, 2.75) is 38.5 Å². The van der Waals surface area contributed by atoms with Crippen molar-refractivity contribution in [3.8, 4) is 0 Å². The zero-order valence-electron chi connectivity index (χ0n) is 16.0. The minimum Gasteiger partial charge on any atom is -0.442 e. The van der Waals surface area contributed by atoms with Crippen LogP contribution in [0.2, 0.25) is 0 Å². The largest absolute Gasteiger partial charge is 0.442 e. The molecule has 7 nitrogen and oxygen atoms in total. The Balaban J connectivity index is 1.30. The van der Waals surface area contributed by atoms with Gasteiger partial charge in [0, 0.05) is 42.7 Å². The fraction of sp³-hybridized carbons (Fsp3) is 0.333. The first-order valence-corrected chi connectivity index (χ1v) is 9.48. The standard InChI is InChI=1S/C21H25N5O2/c1-26-15-16-14-18(8-9-19(16)25-26)23-11-10-17(22)6-4-2-3-5-7-20(27)21-24-12-13-28-21/h8-15,22-23H,2-7H2,1H3/b11-10-,22-17?. The number of aromatic nitrogens is 3. The SMILES string of the molecule is Cn1cc2cc(N/C=C\C(=N)CCCCCCC(=O)c3ncco3)ccc2n1. The number of oxazole rings is 1. The third kappa shape index (κ3) is 5.64. The van der Waals surface area contributed by atoms with Crippen LogP contribution in [0, 0.1) is 5.41 Å². The summed E-state index contributed by atoms with van der Waals surface area (Å²) in [5, 5.41) is 16.7. The summed E-state index contributed by atoms with van der Waals surface area (Å²) in [5.41, 5.74) is 2.53. The number of nitrogens with zero attached hydrogens (tertiary/aromatic N) is 3. The molecule has 1 aromatic carbocycles. The molecule has 0 spiro atoms. The molecule has 2 aromatic heterocycles. The van der Waals surface area contributed by atoms with Crippen LogP contribution in [0.15, 0.2) is 53.5 Å². The molecule has 0 atom stereocenters. The van der Waals surface area contributed by atoms with Crippen LogP contribution in [0.5, 0.6) is 0 Å². The summed E-state index contributed by atoms with van der Waals surface area (Å²) in [6.07, 6.45) is 13.4. The molecule has 0 aliphatic carbocycles. The lowest BCUT2D eigenvalue weighted by Crippen LogP contribution is -1.99. The molecule has 0 amide bonds. The number of ketones is 1. The number of rotatable bonds is 11. The summed E-state index contributed by atoms with van der Waals surface area (Å²) in [6, 6.07) is 5.99. The molecule has 2 N–H and O–H groups in total. The van der Waals surface area contributed by atoms with Crippen molar-refractivity contribution < 1.29 is 9.21 Å². The van der Waals surface area contributed by atoms with E-state index in [1.807, 2.05) is 31.4 Å².